The molecule has 0 N–H and O–H groups in total. The van der Waals surface area contributed by atoms with Gasteiger partial charge in [0.25, 0.3) is 0 Å². The Kier molecular flexibility index (Phi) is 6.26. The summed E-state index contributed by atoms with van der Waals surface area (Å²) in [5.41, 5.74) is 2.43. The van der Waals surface area contributed by atoms with Crippen molar-refractivity contribution in [3.05, 3.63) is 84.4 Å². The SMILES string of the molecule is C=CC(c1ccccc1)[C@H]1CC[C@H](OCc2ccccc2)[C@]2(CCCCO2)O1. The monoisotopic (exact) mass is 378 g/mol. The lowest BCUT2D eigenvalue weighted by Crippen LogP contribution is -2.56. The molecule has 2 aromatic rings. The van der Waals surface area contributed by atoms with Crippen LogP contribution in [0.15, 0.2) is 73.3 Å². The summed E-state index contributed by atoms with van der Waals surface area (Å²) in [6.45, 7) is 5.42. The molecule has 0 aromatic heterocycles. The average Bonchev–Trinajstić information content (AvgIpc) is 2.76. The summed E-state index contributed by atoms with van der Waals surface area (Å²) in [5, 5.41) is 0. The highest BCUT2D eigenvalue weighted by molar-refractivity contribution is 5.25. The van der Waals surface area contributed by atoms with Gasteiger partial charge in [-0.3, -0.25) is 0 Å². The quantitative estimate of drug-likeness (QED) is 0.611. The molecule has 2 aliphatic rings. The maximum absolute atomic E-state index is 6.70. The molecule has 0 radical (unpaired) electrons. The Bertz CT molecular complexity index is 737. The van der Waals surface area contributed by atoms with Gasteiger partial charge in [-0.15, -0.1) is 6.58 Å². The molecule has 0 bridgehead atoms. The molecule has 1 unspecified atom stereocenters. The Balaban J connectivity index is 1.50. The lowest BCUT2D eigenvalue weighted by Gasteiger charge is -2.49. The molecule has 2 aromatic carbocycles. The number of ether oxygens (including phenoxy) is 3. The van der Waals surface area contributed by atoms with E-state index < -0.39 is 5.79 Å². The normalized spacial score (nSPS) is 28.7. The van der Waals surface area contributed by atoms with E-state index in [1.54, 1.807) is 0 Å². The van der Waals surface area contributed by atoms with Crippen molar-refractivity contribution in [3.63, 3.8) is 0 Å². The van der Waals surface area contributed by atoms with E-state index in [1.807, 2.05) is 30.3 Å². The fourth-order valence-electron chi connectivity index (χ4n) is 4.48. The van der Waals surface area contributed by atoms with Crippen LogP contribution in [0.1, 0.15) is 49.1 Å². The summed E-state index contributed by atoms with van der Waals surface area (Å²) >= 11 is 0. The Morgan fingerprint density at radius 3 is 2.46 bits per heavy atom. The average molecular weight is 379 g/mol. The predicted octanol–water partition coefficient (Wildman–Crippen LogP) is 5.62. The van der Waals surface area contributed by atoms with Gasteiger partial charge in [0.05, 0.1) is 19.3 Å². The molecule has 148 valence electrons. The number of hydrogen-bond donors (Lipinski definition) is 0. The van der Waals surface area contributed by atoms with E-state index in [0.29, 0.717) is 6.61 Å². The van der Waals surface area contributed by atoms with Crippen molar-refractivity contribution in [2.75, 3.05) is 6.61 Å². The summed E-state index contributed by atoms with van der Waals surface area (Å²) in [6, 6.07) is 20.8. The van der Waals surface area contributed by atoms with E-state index in [9.17, 15) is 0 Å². The van der Waals surface area contributed by atoms with Gasteiger partial charge in [-0.1, -0.05) is 66.7 Å². The van der Waals surface area contributed by atoms with Crippen LogP contribution < -0.4 is 0 Å². The van der Waals surface area contributed by atoms with Gasteiger partial charge in [0, 0.05) is 12.3 Å². The van der Waals surface area contributed by atoms with Gasteiger partial charge in [-0.2, -0.15) is 0 Å². The van der Waals surface area contributed by atoms with Crippen molar-refractivity contribution in [1.82, 2.24) is 0 Å². The van der Waals surface area contributed by atoms with Gasteiger partial charge < -0.3 is 14.2 Å². The van der Waals surface area contributed by atoms with Gasteiger partial charge in [-0.05, 0) is 36.8 Å². The van der Waals surface area contributed by atoms with Crippen LogP contribution in [-0.2, 0) is 20.8 Å². The highest BCUT2D eigenvalue weighted by atomic mass is 16.7. The lowest BCUT2D eigenvalue weighted by atomic mass is 9.84. The minimum absolute atomic E-state index is 0.0366. The first-order valence-electron chi connectivity index (χ1n) is 10.5. The molecule has 0 aliphatic carbocycles. The van der Waals surface area contributed by atoms with Crippen LogP contribution in [0.2, 0.25) is 0 Å². The summed E-state index contributed by atoms with van der Waals surface area (Å²) < 4.78 is 19.3. The molecule has 1 spiro atoms. The molecular weight excluding hydrogens is 348 g/mol. The van der Waals surface area contributed by atoms with Crippen LogP contribution in [0.25, 0.3) is 0 Å². The van der Waals surface area contributed by atoms with E-state index in [1.165, 1.54) is 11.1 Å². The van der Waals surface area contributed by atoms with Crippen LogP contribution in [0.5, 0.6) is 0 Å². The number of benzene rings is 2. The van der Waals surface area contributed by atoms with Crippen LogP contribution in [0, 0.1) is 0 Å². The summed E-state index contributed by atoms with van der Waals surface area (Å²) in [6.07, 6.45) is 7.01. The zero-order valence-corrected chi connectivity index (χ0v) is 16.5. The predicted molar refractivity (Wildman–Crippen MR) is 111 cm³/mol. The molecule has 4 rings (SSSR count). The molecular formula is C25H30O3. The van der Waals surface area contributed by atoms with E-state index >= 15 is 0 Å². The first-order valence-corrected chi connectivity index (χ1v) is 10.5. The Morgan fingerprint density at radius 1 is 1.04 bits per heavy atom. The molecule has 28 heavy (non-hydrogen) atoms. The fraction of sp³-hybridized carbons (Fsp3) is 0.440. The van der Waals surface area contributed by atoms with E-state index in [0.717, 1.165) is 38.7 Å². The first kappa shape index (κ1) is 19.4. The zero-order chi connectivity index (χ0) is 19.2. The molecule has 2 heterocycles. The smallest absolute Gasteiger partial charge is 0.195 e. The minimum Gasteiger partial charge on any atom is -0.368 e. The molecule has 2 saturated heterocycles. The molecule has 0 amide bonds. The molecule has 2 fully saturated rings. The Labute approximate surface area is 168 Å². The van der Waals surface area contributed by atoms with Gasteiger partial charge in [0.1, 0.15) is 6.10 Å². The second kappa shape index (κ2) is 9.04. The van der Waals surface area contributed by atoms with Gasteiger partial charge >= 0.3 is 0 Å². The van der Waals surface area contributed by atoms with Crippen LogP contribution in [0.4, 0.5) is 0 Å². The zero-order valence-electron chi connectivity index (χ0n) is 16.5. The molecule has 3 heteroatoms. The maximum atomic E-state index is 6.70. The molecule has 2 aliphatic heterocycles. The Hall–Kier alpha value is -1.94. The highest BCUT2D eigenvalue weighted by Gasteiger charge is 2.49. The lowest BCUT2D eigenvalue weighted by molar-refractivity contribution is -0.343. The third-order valence-electron chi connectivity index (χ3n) is 5.95. The van der Waals surface area contributed by atoms with E-state index in [4.69, 9.17) is 14.2 Å². The molecule has 4 atom stereocenters. The largest absolute Gasteiger partial charge is 0.368 e. The van der Waals surface area contributed by atoms with Crippen molar-refractivity contribution in [3.8, 4) is 0 Å². The van der Waals surface area contributed by atoms with E-state index in [2.05, 4.69) is 43.0 Å². The number of hydrogen-bond acceptors (Lipinski definition) is 3. The summed E-state index contributed by atoms with van der Waals surface area (Å²) in [5.74, 6) is -0.468. The van der Waals surface area contributed by atoms with Crippen molar-refractivity contribution in [2.24, 2.45) is 0 Å². The van der Waals surface area contributed by atoms with Crippen molar-refractivity contribution < 1.29 is 14.2 Å². The first-order chi connectivity index (χ1) is 13.8. The second-order valence-corrected chi connectivity index (χ2v) is 7.81. The summed E-state index contributed by atoms with van der Waals surface area (Å²) in [7, 11) is 0. The standard InChI is InChI=1S/C25H30O3/c1-2-22(21-13-7-4-8-14-21)23-15-16-24(25(28-23)17-9-10-18-27-25)26-19-20-11-5-3-6-12-20/h2-8,11-14,22-24H,1,9-10,15-19H2/t22?,23-,24+,25+/m1/s1. The second-order valence-electron chi connectivity index (χ2n) is 7.81. The van der Waals surface area contributed by atoms with Crippen molar-refractivity contribution in [2.45, 2.75) is 62.6 Å². The van der Waals surface area contributed by atoms with Gasteiger partial charge in [0.2, 0.25) is 0 Å². The van der Waals surface area contributed by atoms with E-state index in [-0.39, 0.29) is 18.1 Å². The van der Waals surface area contributed by atoms with Gasteiger partial charge in [-0.25, -0.2) is 0 Å². The molecule has 3 nitrogen and oxygen atoms in total. The summed E-state index contributed by atoms with van der Waals surface area (Å²) in [4.78, 5) is 0. The van der Waals surface area contributed by atoms with Crippen LogP contribution >= 0.6 is 0 Å². The van der Waals surface area contributed by atoms with Crippen LogP contribution in [-0.4, -0.2) is 24.6 Å². The highest BCUT2D eigenvalue weighted by Crippen LogP contribution is 2.43. The minimum atomic E-state index is -0.633. The fourth-order valence-corrected chi connectivity index (χ4v) is 4.48. The molecule has 0 saturated carbocycles. The third kappa shape index (κ3) is 4.22. The Morgan fingerprint density at radius 2 is 1.79 bits per heavy atom. The maximum Gasteiger partial charge on any atom is 0.195 e. The van der Waals surface area contributed by atoms with Gasteiger partial charge in [0.15, 0.2) is 5.79 Å². The van der Waals surface area contributed by atoms with Crippen LogP contribution in [0.3, 0.4) is 0 Å². The van der Waals surface area contributed by atoms with Crippen molar-refractivity contribution >= 4 is 0 Å². The third-order valence-corrected chi connectivity index (χ3v) is 5.95. The number of rotatable bonds is 6. The van der Waals surface area contributed by atoms with Crippen molar-refractivity contribution in [1.29, 1.82) is 0 Å². The topological polar surface area (TPSA) is 27.7 Å².